The summed E-state index contributed by atoms with van der Waals surface area (Å²) in [6.07, 6.45) is 3.66. The van der Waals surface area contributed by atoms with Crippen LogP contribution in [0.1, 0.15) is 33.1 Å². The molecule has 3 nitrogen and oxygen atoms in total. The van der Waals surface area contributed by atoms with Gasteiger partial charge in [0.15, 0.2) is 0 Å². The van der Waals surface area contributed by atoms with Crippen molar-refractivity contribution in [1.29, 1.82) is 0 Å². The molecule has 4 aliphatic rings. The summed E-state index contributed by atoms with van der Waals surface area (Å²) in [5.74, 6) is 1.54. The molecule has 3 aliphatic carbocycles. The molecule has 0 amide bonds. The molecule has 12 heavy (non-hydrogen) atoms. The van der Waals surface area contributed by atoms with Gasteiger partial charge in [-0.2, -0.15) is 0 Å². The SMILES string of the molecule is CC1(C)C2CCC3(N=NO3)C1C2. The molecule has 1 heterocycles. The molecule has 0 aromatic heterocycles. The van der Waals surface area contributed by atoms with Gasteiger partial charge in [0.05, 0.1) is 0 Å². The van der Waals surface area contributed by atoms with Crippen molar-refractivity contribution in [3.63, 3.8) is 0 Å². The van der Waals surface area contributed by atoms with Gasteiger partial charge in [0.2, 0.25) is 0 Å². The van der Waals surface area contributed by atoms with Crippen molar-refractivity contribution < 1.29 is 4.84 Å². The van der Waals surface area contributed by atoms with Crippen LogP contribution in [0.15, 0.2) is 10.4 Å². The second-order valence-corrected chi connectivity index (χ2v) is 4.96. The van der Waals surface area contributed by atoms with Crippen molar-refractivity contribution >= 4 is 0 Å². The molecule has 3 atom stereocenters. The first-order chi connectivity index (χ1) is 5.65. The van der Waals surface area contributed by atoms with Crippen LogP contribution in [0.2, 0.25) is 0 Å². The van der Waals surface area contributed by atoms with Crippen LogP contribution in [0.3, 0.4) is 0 Å². The molecule has 0 aromatic rings. The first-order valence-electron chi connectivity index (χ1n) is 4.75. The lowest BCUT2D eigenvalue weighted by Gasteiger charge is -2.62. The Bertz CT molecular complexity index is 259. The molecule has 0 N–H and O–H groups in total. The van der Waals surface area contributed by atoms with Crippen LogP contribution < -0.4 is 0 Å². The standard InChI is InChI=1S/C9H14N2O/c1-8(2)6-3-4-9(7(8)5-6)10-11-12-9/h6-7H,3-5H2,1-2H3. The van der Waals surface area contributed by atoms with E-state index < -0.39 is 0 Å². The Balaban J connectivity index is 1.96. The maximum atomic E-state index is 5.30. The number of nitrogens with zero attached hydrogens (tertiary/aromatic N) is 2. The van der Waals surface area contributed by atoms with Crippen molar-refractivity contribution in [2.75, 3.05) is 0 Å². The van der Waals surface area contributed by atoms with Crippen LogP contribution in [0.25, 0.3) is 0 Å². The van der Waals surface area contributed by atoms with Crippen LogP contribution in [0.4, 0.5) is 0 Å². The quantitative estimate of drug-likeness (QED) is 0.544. The minimum Gasteiger partial charge on any atom is -0.347 e. The third-order valence-corrected chi connectivity index (χ3v) is 4.28. The fraction of sp³-hybridized carbons (Fsp3) is 1.00. The van der Waals surface area contributed by atoms with Gasteiger partial charge in [-0.3, -0.25) is 0 Å². The van der Waals surface area contributed by atoms with Gasteiger partial charge in [-0.25, -0.2) is 0 Å². The Hall–Kier alpha value is -0.600. The molecule has 0 saturated heterocycles. The highest BCUT2D eigenvalue weighted by atomic mass is 16.7. The molecular weight excluding hydrogens is 152 g/mol. The fourth-order valence-electron chi connectivity index (χ4n) is 3.20. The molecule has 1 aliphatic heterocycles. The number of rotatable bonds is 0. The lowest BCUT2D eigenvalue weighted by atomic mass is 9.46. The zero-order valence-corrected chi connectivity index (χ0v) is 7.58. The number of hydrogen-bond donors (Lipinski definition) is 0. The summed E-state index contributed by atoms with van der Waals surface area (Å²) < 4.78 is 0. The largest absolute Gasteiger partial charge is 0.347 e. The minimum absolute atomic E-state index is 0.182. The van der Waals surface area contributed by atoms with Crippen molar-refractivity contribution in [2.45, 2.75) is 38.8 Å². The second-order valence-electron chi connectivity index (χ2n) is 4.96. The Morgan fingerprint density at radius 3 is 2.50 bits per heavy atom. The number of hydrogen-bond acceptors (Lipinski definition) is 3. The summed E-state index contributed by atoms with van der Waals surface area (Å²) in [7, 11) is 0. The Labute approximate surface area is 72.2 Å². The van der Waals surface area contributed by atoms with E-state index in [9.17, 15) is 0 Å². The topological polar surface area (TPSA) is 34.0 Å². The van der Waals surface area contributed by atoms with E-state index in [1.807, 2.05) is 0 Å². The summed E-state index contributed by atoms with van der Waals surface area (Å²) in [6, 6.07) is 0. The van der Waals surface area contributed by atoms with Gasteiger partial charge in [-0.05, 0) is 24.2 Å². The van der Waals surface area contributed by atoms with Crippen molar-refractivity contribution in [1.82, 2.24) is 0 Å². The van der Waals surface area contributed by atoms with Crippen LogP contribution in [0, 0.1) is 17.3 Å². The summed E-state index contributed by atoms with van der Waals surface area (Å²) >= 11 is 0. The van der Waals surface area contributed by atoms with Gasteiger partial charge in [0.1, 0.15) is 0 Å². The minimum atomic E-state index is -0.182. The van der Waals surface area contributed by atoms with Crippen molar-refractivity contribution in [3.05, 3.63) is 0 Å². The van der Waals surface area contributed by atoms with Crippen LogP contribution in [0.5, 0.6) is 0 Å². The van der Waals surface area contributed by atoms with E-state index in [1.54, 1.807) is 0 Å². The zero-order chi connectivity index (χ0) is 8.40. The number of fused-ring (bicyclic) bond motifs is 1. The smallest absolute Gasteiger partial charge is 0.254 e. The summed E-state index contributed by atoms with van der Waals surface area (Å²) in [4.78, 5) is 5.30. The predicted molar refractivity (Wildman–Crippen MR) is 43.3 cm³/mol. The lowest BCUT2D eigenvalue weighted by molar-refractivity contribution is -0.270. The first kappa shape index (κ1) is 6.87. The maximum absolute atomic E-state index is 5.30. The van der Waals surface area contributed by atoms with Gasteiger partial charge >= 0.3 is 0 Å². The van der Waals surface area contributed by atoms with E-state index in [2.05, 4.69) is 24.2 Å². The molecule has 2 bridgehead atoms. The van der Waals surface area contributed by atoms with E-state index in [4.69, 9.17) is 4.84 Å². The lowest BCUT2D eigenvalue weighted by Crippen LogP contribution is -2.62. The van der Waals surface area contributed by atoms with Gasteiger partial charge in [-0.1, -0.05) is 13.8 Å². The maximum Gasteiger partial charge on any atom is 0.254 e. The van der Waals surface area contributed by atoms with E-state index in [0.717, 1.165) is 12.3 Å². The predicted octanol–water partition coefficient (Wildman–Crippen LogP) is 2.54. The highest BCUT2D eigenvalue weighted by molar-refractivity contribution is 5.10. The Morgan fingerprint density at radius 2 is 2.17 bits per heavy atom. The fourth-order valence-corrected chi connectivity index (χ4v) is 3.20. The van der Waals surface area contributed by atoms with Gasteiger partial charge in [-0.15, -0.1) is 5.11 Å². The first-order valence-corrected chi connectivity index (χ1v) is 4.75. The molecule has 3 heteroatoms. The van der Waals surface area contributed by atoms with Gasteiger partial charge < -0.3 is 4.84 Å². The van der Waals surface area contributed by atoms with E-state index in [-0.39, 0.29) is 5.72 Å². The molecule has 0 aromatic carbocycles. The molecule has 3 saturated carbocycles. The molecule has 66 valence electrons. The molecular formula is C9H14N2O. The molecule has 0 radical (unpaired) electrons. The molecule has 1 spiro atoms. The van der Waals surface area contributed by atoms with Crippen LogP contribution in [-0.2, 0) is 4.84 Å². The highest BCUT2D eigenvalue weighted by Gasteiger charge is 2.65. The summed E-state index contributed by atoms with van der Waals surface area (Å²) in [5, 5.41) is 7.74. The third-order valence-electron chi connectivity index (χ3n) is 4.28. The van der Waals surface area contributed by atoms with Crippen LogP contribution in [-0.4, -0.2) is 5.72 Å². The Kier molecular flexibility index (Phi) is 0.960. The summed E-state index contributed by atoms with van der Waals surface area (Å²) in [5.41, 5.74) is 0.260. The second kappa shape index (κ2) is 1.68. The van der Waals surface area contributed by atoms with E-state index in [0.29, 0.717) is 11.3 Å². The van der Waals surface area contributed by atoms with Crippen molar-refractivity contribution in [3.8, 4) is 0 Å². The Morgan fingerprint density at radius 1 is 1.42 bits per heavy atom. The van der Waals surface area contributed by atoms with Crippen molar-refractivity contribution in [2.24, 2.45) is 27.6 Å². The van der Waals surface area contributed by atoms with Gasteiger partial charge in [0.25, 0.3) is 5.72 Å². The third kappa shape index (κ3) is 0.529. The zero-order valence-electron chi connectivity index (χ0n) is 7.58. The normalized spacial score (nSPS) is 52.5. The van der Waals surface area contributed by atoms with Crippen LogP contribution >= 0.6 is 0 Å². The van der Waals surface area contributed by atoms with E-state index >= 15 is 0 Å². The highest BCUT2D eigenvalue weighted by Crippen LogP contribution is 2.65. The molecule has 4 rings (SSSR count). The monoisotopic (exact) mass is 166 g/mol. The molecule has 3 unspecified atom stereocenters. The average Bonchev–Trinajstić information content (AvgIpc) is 2.01. The molecule has 3 fully saturated rings. The van der Waals surface area contributed by atoms with E-state index in [1.165, 1.54) is 12.8 Å². The van der Waals surface area contributed by atoms with Gasteiger partial charge in [0, 0.05) is 17.6 Å². The summed E-state index contributed by atoms with van der Waals surface area (Å²) in [6.45, 7) is 4.67. The average molecular weight is 166 g/mol.